The van der Waals surface area contributed by atoms with Gasteiger partial charge in [0.15, 0.2) is 18.0 Å². The normalized spacial score (nSPS) is 34.4. The maximum absolute atomic E-state index is 13.3. The SMILES string of the molecule is CC#Cc1occc1[C@@H]1OC(=O)[C@@H]2C[C@@H]3C[C@@](C)(C(=O)O3)[C@@]2(C)[C@H]1OC(=O)c1ccccc1. The van der Waals surface area contributed by atoms with Crippen molar-refractivity contribution in [2.24, 2.45) is 16.7 Å². The number of ether oxygens (including phenoxy) is 3. The standard InChI is InChI=1S/C26H24O7/c1-4-8-19-17(11-12-30-19)20-21(33-22(27)15-9-6-5-7-10-15)26(3)18(23(28)32-20)13-16-14-25(26,2)24(29)31-16/h5-7,9-12,16,18,20-21H,13-14H2,1-3H3/t16-,18+,20+,21+,25+,26-/m1/s1. The van der Waals surface area contributed by atoms with E-state index in [2.05, 4.69) is 11.8 Å². The van der Waals surface area contributed by atoms with Crippen molar-refractivity contribution in [3.63, 3.8) is 0 Å². The molecule has 1 aromatic heterocycles. The minimum Gasteiger partial charge on any atom is -0.462 e. The quantitative estimate of drug-likeness (QED) is 0.400. The van der Waals surface area contributed by atoms with Crippen molar-refractivity contribution in [3.8, 4) is 11.8 Å². The molecule has 1 aliphatic carbocycles. The molecule has 2 saturated heterocycles. The maximum Gasteiger partial charge on any atom is 0.338 e. The Labute approximate surface area is 191 Å². The van der Waals surface area contributed by atoms with E-state index in [-0.39, 0.29) is 12.1 Å². The van der Waals surface area contributed by atoms with Crippen molar-refractivity contribution in [1.29, 1.82) is 0 Å². The molecule has 3 aliphatic rings. The molecule has 0 radical (unpaired) electrons. The molecule has 0 spiro atoms. The summed E-state index contributed by atoms with van der Waals surface area (Å²) in [6.45, 7) is 5.30. The molecule has 5 rings (SSSR count). The summed E-state index contributed by atoms with van der Waals surface area (Å²) in [7, 11) is 0. The second-order valence-corrected chi connectivity index (χ2v) is 9.26. The van der Waals surface area contributed by atoms with Gasteiger partial charge in [-0.25, -0.2) is 4.79 Å². The van der Waals surface area contributed by atoms with E-state index >= 15 is 0 Å². The highest BCUT2D eigenvalue weighted by Crippen LogP contribution is 2.65. The Kier molecular flexibility index (Phi) is 4.86. The van der Waals surface area contributed by atoms with Crippen LogP contribution in [0.5, 0.6) is 0 Å². The predicted octanol–water partition coefficient (Wildman–Crippen LogP) is 3.82. The number of benzene rings is 1. The summed E-state index contributed by atoms with van der Waals surface area (Å²) < 4.78 is 23.1. The van der Waals surface area contributed by atoms with Crippen LogP contribution in [0.2, 0.25) is 0 Å². The minimum absolute atomic E-state index is 0.325. The van der Waals surface area contributed by atoms with Gasteiger partial charge in [-0.15, -0.1) is 0 Å². The van der Waals surface area contributed by atoms with Crippen molar-refractivity contribution < 1.29 is 33.0 Å². The van der Waals surface area contributed by atoms with Gasteiger partial charge in [-0.3, -0.25) is 9.59 Å². The molecule has 1 saturated carbocycles. The zero-order chi connectivity index (χ0) is 23.4. The molecule has 1 aromatic carbocycles. The molecule has 0 N–H and O–H groups in total. The van der Waals surface area contributed by atoms with E-state index in [4.69, 9.17) is 18.6 Å². The summed E-state index contributed by atoms with van der Waals surface area (Å²) in [6.07, 6.45) is -0.0653. The Balaban J connectivity index is 1.65. The van der Waals surface area contributed by atoms with Crippen LogP contribution in [-0.2, 0) is 23.8 Å². The van der Waals surface area contributed by atoms with Crippen molar-refractivity contribution in [2.45, 2.75) is 51.9 Å². The van der Waals surface area contributed by atoms with E-state index in [0.29, 0.717) is 29.7 Å². The summed E-state index contributed by atoms with van der Waals surface area (Å²) in [4.78, 5) is 39.5. The molecule has 0 unspecified atom stereocenters. The summed E-state index contributed by atoms with van der Waals surface area (Å²) in [5.74, 6) is 3.93. The fraction of sp³-hybridized carbons (Fsp3) is 0.423. The number of rotatable bonds is 3. The summed E-state index contributed by atoms with van der Waals surface area (Å²) >= 11 is 0. The highest BCUT2D eigenvalue weighted by molar-refractivity contribution is 5.90. The maximum atomic E-state index is 13.3. The summed E-state index contributed by atoms with van der Waals surface area (Å²) in [5.41, 5.74) is -1.22. The van der Waals surface area contributed by atoms with Gasteiger partial charge in [0.25, 0.3) is 0 Å². The van der Waals surface area contributed by atoms with E-state index in [1.54, 1.807) is 50.2 Å². The molecule has 170 valence electrons. The van der Waals surface area contributed by atoms with Gasteiger partial charge < -0.3 is 18.6 Å². The Morgan fingerprint density at radius 1 is 1.12 bits per heavy atom. The highest BCUT2D eigenvalue weighted by Gasteiger charge is 2.73. The predicted molar refractivity (Wildman–Crippen MR) is 115 cm³/mol. The van der Waals surface area contributed by atoms with Crippen LogP contribution >= 0.6 is 0 Å². The molecule has 2 bridgehead atoms. The lowest BCUT2D eigenvalue weighted by Gasteiger charge is -2.55. The van der Waals surface area contributed by atoms with Crippen molar-refractivity contribution in [3.05, 3.63) is 59.5 Å². The van der Waals surface area contributed by atoms with Crippen molar-refractivity contribution >= 4 is 17.9 Å². The fourth-order valence-electron chi connectivity index (χ4n) is 5.69. The molecule has 2 aromatic rings. The first-order valence-electron chi connectivity index (χ1n) is 11.0. The molecular weight excluding hydrogens is 424 g/mol. The van der Waals surface area contributed by atoms with Gasteiger partial charge in [-0.05, 0) is 44.4 Å². The highest BCUT2D eigenvalue weighted by atomic mass is 16.6. The van der Waals surface area contributed by atoms with Gasteiger partial charge in [-0.1, -0.05) is 31.0 Å². The smallest absolute Gasteiger partial charge is 0.338 e. The van der Waals surface area contributed by atoms with Crippen LogP contribution in [0.15, 0.2) is 47.1 Å². The van der Waals surface area contributed by atoms with E-state index in [0.717, 1.165) is 0 Å². The first-order chi connectivity index (χ1) is 15.8. The molecule has 2 aliphatic heterocycles. The molecule has 3 fully saturated rings. The number of carbonyl (C=O) groups is 3. The van der Waals surface area contributed by atoms with Gasteiger partial charge in [0.1, 0.15) is 6.10 Å². The molecule has 6 atom stereocenters. The van der Waals surface area contributed by atoms with Crippen LogP contribution in [0.3, 0.4) is 0 Å². The summed E-state index contributed by atoms with van der Waals surface area (Å²) in [5, 5.41) is 0. The monoisotopic (exact) mass is 448 g/mol. The van der Waals surface area contributed by atoms with Crippen molar-refractivity contribution in [1.82, 2.24) is 0 Å². The largest absolute Gasteiger partial charge is 0.462 e. The third-order valence-electron chi connectivity index (χ3n) is 7.65. The van der Waals surface area contributed by atoms with E-state index in [9.17, 15) is 14.4 Å². The second-order valence-electron chi connectivity index (χ2n) is 9.26. The van der Waals surface area contributed by atoms with Gasteiger partial charge >= 0.3 is 17.9 Å². The Hall–Kier alpha value is -3.53. The average Bonchev–Trinajstić information content (AvgIpc) is 3.36. The lowest BCUT2D eigenvalue weighted by Crippen LogP contribution is -2.63. The number of cyclic esters (lactones) is 1. The molecular formula is C26H24O7. The second kappa shape index (κ2) is 7.51. The molecule has 33 heavy (non-hydrogen) atoms. The fourth-order valence-corrected chi connectivity index (χ4v) is 5.69. The number of esters is 3. The van der Waals surface area contributed by atoms with Gasteiger partial charge in [0.05, 0.1) is 28.7 Å². The summed E-state index contributed by atoms with van der Waals surface area (Å²) in [6, 6.07) is 10.3. The zero-order valence-corrected chi connectivity index (χ0v) is 18.6. The van der Waals surface area contributed by atoms with Gasteiger partial charge in [0.2, 0.25) is 0 Å². The number of fused-ring (bicyclic) bond motifs is 4. The zero-order valence-electron chi connectivity index (χ0n) is 18.6. The molecule has 3 heterocycles. The number of hydrogen-bond donors (Lipinski definition) is 0. The first kappa shape index (κ1) is 21.3. The van der Waals surface area contributed by atoms with E-state index in [1.165, 1.54) is 6.26 Å². The third kappa shape index (κ3) is 3.01. The molecule has 7 nitrogen and oxygen atoms in total. The average molecular weight is 448 g/mol. The van der Waals surface area contributed by atoms with Crippen LogP contribution in [0, 0.1) is 28.6 Å². The molecule has 7 heteroatoms. The van der Waals surface area contributed by atoms with Gasteiger partial charge in [-0.2, -0.15) is 0 Å². The topological polar surface area (TPSA) is 92.0 Å². The van der Waals surface area contributed by atoms with E-state index in [1.807, 2.05) is 6.92 Å². The Morgan fingerprint density at radius 3 is 2.61 bits per heavy atom. The minimum atomic E-state index is -1.06. The van der Waals surface area contributed by atoms with Crippen LogP contribution in [0.25, 0.3) is 0 Å². The van der Waals surface area contributed by atoms with Crippen LogP contribution in [0.1, 0.15) is 61.4 Å². The van der Waals surface area contributed by atoms with Gasteiger partial charge in [0, 0.05) is 11.8 Å². The number of hydrogen-bond acceptors (Lipinski definition) is 7. The lowest BCUT2D eigenvalue weighted by atomic mass is 9.49. The van der Waals surface area contributed by atoms with Crippen LogP contribution < -0.4 is 0 Å². The number of carbonyl (C=O) groups excluding carboxylic acids is 3. The van der Waals surface area contributed by atoms with E-state index < -0.39 is 40.9 Å². The van der Waals surface area contributed by atoms with Crippen LogP contribution in [0.4, 0.5) is 0 Å². The lowest BCUT2D eigenvalue weighted by molar-refractivity contribution is -0.224. The third-order valence-corrected chi connectivity index (χ3v) is 7.65. The number of furan rings is 1. The van der Waals surface area contributed by atoms with Crippen molar-refractivity contribution in [2.75, 3.05) is 0 Å². The molecule has 0 amide bonds. The van der Waals surface area contributed by atoms with Crippen LogP contribution in [-0.4, -0.2) is 30.1 Å². The Morgan fingerprint density at radius 2 is 1.88 bits per heavy atom. The first-order valence-corrected chi connectivity index (χ1v) is 11.0. The Bertz CT molecular complexity index is 1190.